The Balaban J connectivity index is 2.10. The standard InChI is InChI=1S/C10H11BrOS/c11-9-5-6-13-10(9)7-1-3-8(12)4-2-7/h5-7H,1-4H2. The summed E-state index contributed by atoms with van der Waals surface area (Å²) in [6, 6.07) is 2.09. The normalized spacial score (nSPS) is 19.3. The fraction of sp³-hybridized carbons (Fsp3) is 0.500. The van der Waals surface area contributed by atoms with E-state index >= 15 is 0 Å². The van der Waals surface area contributed by atoms with Gasteiger partial charge in [-0.3, -0.25) is 4.79 Å². The molecule has 0 N–H and O–H groups in total. The zero-order valence-corrected chi connectivity index (χ0v) is 9.66. The van der Waals surface area contributed by atoms with Crippen LogP contribution in [-0.2, 0) is 4.79 Å². The Morgan fingerprint density at radius 2 is 2.08 bits per heavy atom. The number of Topliss-reactive ketones (excluding diaryl/α,β-unsaturated/α-hetero) is 1. The molecule has 2 rings (SSSR count). The van der Waals surface area contributed by atoms with Gasteiger partial charge in [0.2, 0.25) is 0 Å². The van der Waals surface area contributed by atoms with Crippen molar-refractivity contribution in [2.45, 2.75) is 31.6 Å². The summed E-state index contributed by atoms with van der Waals surface area (Å²) >= 11 is 5.34. The fourth-order valence-electron chi connectivity index (χ4n) is 1.80. The number of ketones is 1. The van der Waals surface area contributed by atoms with Gasteiger partial charge in [-0.05, 0) is 46.1 Å². The molecule has 0 aliphatic heterocycles. The van der Waals surface area contributed by atoms with Crippen LogP contribution in [0.2, 0.25) is 0 Å². The first-order valence-corrected chi connectivity index (χ1v) is 6.19. The number of rotatable bonds is 1. The minimum atomic E-state index is 0.434. The zero-order valence-electron chi connectivity index (χ0n) is 7.25. The maximum atomic E-state index is 11.1. The minimum Gasteiger partial charge on any atom is -0.300 e. The van der Waals surface area contributed by atoms with Gasteiger partial charge < -0.3 is 0 Å². The van der Waals surface area contributed by atoms with Crippen LogP contribution in [0.15, 0.2) is 15.9 Å². The van der Waals surface area contributed by atoms with Crippen LogP contribution in [0.1, 0.15) is 36.5 Å². The lowest BCUT2D eigenvalue weighted by Gasteiger charge is -2.19. The lowest BCUT2D eigenvalue weighted by Crippen LogP contribution is -2.11. The molecule has 1 aromatic heterocycles. The molecule has 0 bridgehead atoms. The highest BCUT2D eigenvalue weighted by molar-refractivity contribution is 9.10. The van der Waals surface area contributed by atoms with Gasteiger partial charge in [-0.1, -0.05) is 0 Å². The van der Waals surface area contributed by atoms with E-state index in [1.165, 1.54) is 9.35 Å². The van der Waals surface area contributed by atoms with Crippen molar-refractivity contribution in [2.24, 2.45) is 0 Å². The highest BCUT2D eigenvalue weighted by Gasteiger charge is 2.22. The average Bonchev–Trinajstić information content (AvgIpc) is 2.53. The predicted octanol–water partition coefficient (Wildman–Crippen LogP) is 3.74. The van der Waals surface area contributed by atoms with E-state index in [1.54, 1.807) is 11.3 Å². The van der Waals surface area contributed by atoms with Crippen LogP contribution < -0.4 is 0 Å². The molecular weight excluding hydrogens is 248 g/mol. The summed E-state index contributed by atoms with van der Waals surface area (Å²) in [6.45, 7) is 0. The van der Waals surface area contributed by atoms with Crippen molar-refractivity contribution < 1.29 is 4.79 Å². The molecule has 0 radical (unpaired) electrons. The Morgan fingerprint density at radius 3 is 2.62 bits per heavy atom. The molecule has 1 fully saturated rings. The number of thiophene rings is 1. The Morgan fingerprint density at radius 1 is 1.38 bits per heavy atom. The lowest BCUT2D eigenvalue weighted by molar-refractivity contribution is -0.120. The topological polar surface area (TPSA) is 17.1 Å². The van der Waals surface area contributed by atoms with Crippen LogP contribution in [-0.4, -0.2) is 5.78 Å². The van der Waals surface area contributed by atoms with E-state index < -0.39 is 0 Å². The van der Waals surface area contributed by atoms with Crippen LogP contribution in [0.5, 0.6) is 0 Å². The molecule has 1 aliphatic rings. The molecule has 0 saturated heterocycles. The summed E-state index contributed by atoms with van der Waals surface area (Å²) in [6.07, 6.45) is 3.62. The summed E-state index contributed by atoms with van der Waals surface area (Å²) in [5.74, 6) is 1.05. The third kappa shape index (κ3) is 2.02. The molecule has 13 heavy (non-hydrogen) atoms. The van der Waals surface area contributed by atoms with E-state index in [0.29, 0.717) is 11.7 Å². The van der Waals surface area contributed by atoms with Crippen LogP contribution >= 0.6 is 27.3 Å². The lowest BCUT2D eigenvalue weighted by atomic mass is 9.87. The second kappa shape index (κ2) is 3.93. The van der Waals surface area contributed by atoms with Crippen LogP contribution in [0.4, 0.5) is 0 Å². The first kappa shape index (κ1) is 9.41. The van der Waals surface area contributed by atoms with E-state index in [9.17, 15) is 4.79 Å². The van der Waals surface area contributed by atoms with Crippen molar-refractivity contribution in [3.05, 3.63) is 20.8 Å². The van der Waals surface area contributed by atoms with Gasteiger partial charge in [0, 0.05) is 22.2 Å². The molecule has 0 aromatic carbocycles. The monoisotopic (exact) mass is 258 g/mol. The van der Waals surface area contributed by atoms with E-state index in [2.05, 4.69) is 27.4 Å². The number of carbonyl (C=O) groups is 1. The molecule has 1 aromatic rings. The number of hydrogen-bond acceptors (Lipinski definition) is 2. The molecular formula is C10H11BrOS. The molecule has 1 nitrogen and oxygen atoms in total. The number of carbonyl (C=O) groups excluding carboxylic acids is 1. The molecule has 0 spiro atoms. The SMILES string of the molecule is O=C1CCC(c2sccc2Br)CC1. The maximum Gasteiger partial charge on any atom is 0.132 e. The fourth-order valence-corrected chi connectivity index (χ4v) is 3.67. The van der Waals surface area contributed by atoms with E-state index in [1.807, 2.05) is 0 Å². The highest BCUT2D eigenvalue weighted by Crippen LogP contribution is 2.38. The quantitative estimate of drug-likeness (QED) is 0.750. The zero-order chi connectivity index (χ0) is 9.26. The van der Waals surface area contributed by atoms with Crippen molar-refractivity contribution >= 4 is 33.0 Å². The van der Waals surface area contributed by atoms with Crippen molar-refractivity contribution in [1.29, 1.82) is 0 Å². The molecule has 3 heteroatoms. The number of halogens is 1. The van der Waals surface area contributed by atoms with Gasteiger partial charge in [0.1, 0.15) is 5.78 Å². The van der Waals surface area contributed by atoms with E-state index in [-0.39, 0.29) is 0 Å². The highest BCUT2D eigenvalue weighted by atomic mass is 79.9. The molecule has 1 saturated carbocycles. The minimum absolute atomic E-state index is 0.434. The Bertz CT molecular complexity index is 308. The van der Waals surface area contributed by atoms with Crippen molar-refractivity contribution in [1.82, 2.24) is 0 Å². The molecule has 1 heterocycles. The van der Waals surface area contributed by atoms with Gasteiger partial charge in [-0.15, -0.1) is 11.3 Å². The van der Waals surface area contributed by atoms with Crippen molar-refractivity contribution in [3.8, 4) is 0 Å². The summed E-state index contributed by atoms with van der Waals surface area (Å²) in [4.78, 5) is 12.5. The van der Waals surface area contributed by atoms with Crippen molar-refractivity contribution in [3.63, 3.8) is 0 Å². The Kier molecular flexibility index (Phi) is 2.84. The van der Waals surface area contributed by atoms with E-state index in [4.69, 9.17) is 0 Å². The molecule has 1 aliphatic carbocycles. The van der Waals surface area contributed by atoms with Gasteiger partial charge in [-0.2, -0.15) is 0 Å². The van der Waals surface area contributed by atoms with Crippen LogP contribution in [0.25, 0.3) is 0 Å². The Labute approximate surface area is 90.3 Å². The second-order valence-corrected chi connectivity index (χ2v) is 5.25. The summed E-state index contributed by atoms with van der Waals surface area (Å²) in [7, 11) is 0. The van der Waals surface area contributed by atoms with Gasteiger partial charge in [0.25, 0.3) is 0 Å². The van der Waals surface area contributed by atoms with E-state index in [0.717, 1.165) is 25.7 Å². The average molecular weight is 259 g/mol. The molecule has 0 atom stereocenters. The van der Waals surface area contributed by atoms with Crippen LogP contribution in [0, 0.1) is 0 Å². The first-order chi connectivity index (χ1) is 6.27. The van der Waals surface area contributed by atoms with Gasteiger partial charge in [0.05, 0.1) is 0 Å². The predicted molar refractivity (Wildman–Crippen MR) is 58.2 cm³/mol. The third-order valence-corrected chi connectivity index (χ3v) is 4.59. The third-order valence-electron chi connectivity index (χ3n) is 2.56. The summed E-state index contributed by atoms with van der Waals surface area (Å²) in [5.41, 5.74) is 0. The smallest absolute Gasteiger partial charge is 0.132 e. The van der Waals surface area contributed by atoms with Gasteiger partial charge >= 0.3 is 0 Å². The summed E-state index contributed by atoms with van der Waals surface area (Å²) < 4.78 is 1.22. The Hall–Kier alpha value is -0.150. The van der Waals surface area contributed by atoms with Crippen LogP contribution in [0.3, 0.4) is 0 Å². The maximum absolute atomic E-state index is 11.1. The van der Waals surface area contributed by atoms with Crippen molar-refractivity contribution in [2.75, 3.05) is 0 Å². The summed E-state index contributed by atoms with van der Waals surface area (Å²) in [5, 5.41) is 2.11. The largest absolute Gasteiger partial charge is 0.300 e. The second-order valence-electron chi connectivity index (χ2n) is 3.45. The molecule has 70 valence electrons. The van der Waals surface area contributed by atoms with Gasteiger partial charge in [0.15, 0.2) is 0 Å². The molecule has 0 amide bonds. The molecule has 0 unspecified atom stereocenters. The van der Waals surface area contributed by atoms with Gasteiger partial charge in [-0.25, -0.2) is 0 Å². The first-order valence-electron chi connectivity index (χ1n) is 4.52. The number of hydrogen-bond donors (Lipinski definition) is 0.